The van der Waals surface area contributed by atoms with Crippen LogP contribution in [0, 0.1) is 6.92 Å². The highest BCUT2D eigenvalue weighted by Gasteiger charge is 2.09. The van der Waals surface area contributed by atoms with E-state index in [-0.39, 0.29) is 5.91 Å². The van der Waals surface area contributed by atoms with E-state index in [9.17, 15) is 4.79 Å². The Hall–Kier alpha value is -3.44. The first-order chi connectivity index (χ1) is 15.1. The second-order valence-corrected chi connectivity index (χ2v) is 8.10. The molecule has 154 valence electrons. The number of fused-ring (bicyclic) bond motifs is 1. The predicted molar refractivity (Wildman–Crippen MR) is 129 cm³/mol. The van der Waals surface area contributed by atoms with Gasteiger partial charge in [0.25, 0.3) is 5.91 Å². The second-order valence-electron chi connectivity index (χ2n) is 7.18. The maximum atomic E-state index is 12.4. The number of halogens is 1. The monoisotopic (exact) mass is 472 g/mol. The molecule has 0 radical (unpaired) electrons. The summed E-state index contributed by atoms with van der Waals surface area (Å²) in [6.45, 7) is 2.41. The Balaban J connectivity index is 1.58. The number of ether oxygens (including phenoxy) is 1. The van der Waals surface area contributed by atoms with Gasteiger partial charge < -0.3 is 4.74 Å². The van der Waals surface area contributed by atoms with Crippen LogP contribution in [-0.2, 0) is 6.61 Å². The normalized spacial score (nSPS) is 11.0. The molecule has 0 aliphatic rings. The molecule has 0 aliphatic carbocycles. The Bertz CT molecular complexity index is 1250. The van der Waals surface area contributed by atoms with Gasteiger partial charge in [0, 0.05) is 15.6 Å². The minimum atomic E-state index is -0.256. The van der Waals surface area contributed by atoms with E-state index in [1.54, 1.807) is 18.3 Å². The molecule has 1 N–H and O–H groups in total. The number of hydrogen-bond donors (Lipinski definition) is 1. The van der Waals surface area contributed by atoms with Gasteiger partial charge in [0.15, 0.2) is 0 Å². The maximum absolute atomic E-state index is 12.4. The highest BCUT2D eigenvalue weighted by Crippen LogP contribution is 2.27. The van der Waals surface area contributed by atoms with E-state index in [0.717, 1.165) is 31.9 Å². The Morgan fingerprint density at radius 1 is 1.00 bits per heavy atom. The van der Waals surface area contributed by atoms with E-state index >= 15 is 0 Å². The van der Waals surface area contributed by atoms with Crippen molar-refractivity contribution in [1.29, 1.82) is 0 Å². The molecule has 4 aromatic rings. The second kappa shape index (κ2) is 9.58. The lowest BCUT2D eigenvalue weighted by Crippen LogP contribution is -2.17. The zero-order chi connectivity index (χ0) is 21.6. The largest absolute Gasteiger partial charge is 0.488 e. The SMILES string of the molecule is Cc1ccc(C(=O)NN=Cc2c(OCc3cccc(Br)c3)ccc3ccccc23)cc1. The minimum Gasteiger partial charge on any atom is -0.488 e. The van der Waals surface area contributed by atoms with Crippen LogP contribution in [-0.4, -0.2) is 12.1 Å². The molecule has 0 atom stereocenters. The molecule has 1 amide bonds. The number of aryl methyl sites for hydroxylation is 1. The molecule has 4 aromatic carbocycles. The number of hydrazone groups is 1. The summed E-state index contributed by atoms with van der Waals surface area (Å²) in [5.41, 5.74) is 6.14. The molecule has 0 aliphatic heterocycles. The Morgan fingerprint density at radius 3 is 2.61 bits per heavy atom. The molecule has 31 heavy (non-hydrogen) atoms. The van der Waals surface area contributed by atoms with Crippen molar-refractivity contribution < 1.29 is 9.53 Å². The van der Waals surface area contributed by atoms with Gasteiger partial charge in [0.05, 0.1) is 6.21 Å². The molecule has 0 saturated heterocycles. The van der Waals surface area contributed by atoms with Crippen molar-refractivity contribution in [2.75, 3.05) is 0 Å². The fraction of sp³-hybridized carbons (Fsp3) is 0.0769. The van der Waals surface area contributed by atoms with Gasteiger partial charge in [-0.05, 0) is 53.6 Å². The van der Waals surface area contributed by atoms with Crippen LogP contribution < -0.4 is 10.2 Å². The number of hydrogen-bond acceptors (Lipinski definition) is 3. The van der Waals surface area contributed by atoms with Crippen molar-refractivity contribution in [3.05, 3.63) is 112 Å². The average molecular weight is 473 g/mol. The molecule has 0 unspecified atom stereocenters. The molecule has 0 spiro atoms. The molecule has 4 nitrogen and oxygen atoms in total. The molecule has 0 bridgehead atoms. The summed E-state index contributed by atoms with van der Waals surface area (Å²) in [5.74, 6) is 0.445. The van der Waals surface area contributed by atoms with Crippen molar-refractivity contribution >= 4 is 38.8 Å². The highest BCUT2D eigenvalue weighted by atomic mass is 79.9. The van der Waals surface area contributed by atoms with Gasteiger partial charge >= 0.3 is 0 Å². The maximum Gasteiger partial charge on any atom is 0.271 e. The van der Waals surface area contributed by atoms with Crippen LogP contribution in [0.3, 0.4) is 0 Å². The minimum absolute atomic E-state index is 0.256. The Kier molecular flexibility index (Phi) is 6.43. The molecule has 0 aromatic heterocycles. The smallest absolute Gasteiger partial charge is 0.271 e. The molecule has 0 heterocycles. The van der Waals surface area contributed by atoms with Gasteiger partial charge in [-0.15, -0.1) is 0 Å². The van der Waals surface area contributed by atoms with Gasteiger partial charge in [0.1, 0.15) is 12.4 Å². The summed E-state index contributed by atoms with van der Waals surface area (Å²) in [5, 5.41) is 6.28. The molecule has 0 fully saturated rings. The number of nitrogens with one attached hydrogen (secondary N) is 1. The summed E-state index contributed by atoms with van der Waals surface area (Å²) in [6, 6.07) is 27.3. The van der Waals surface area contributed by atoms with E-state index in [2.05, 4.69) is 26.5 Å². The summed E-state index contributed by atoms with van der Waals surface area (Å²) in [7, 11) is 0. The third-order valence-corrected chi connectivity index (χ3v) is 5.38. The lowest BCUT2D eigenvalue weighted by atomic mass is 10.0. The van der Waals surface area contributed by atoms with Crippen molar-refractivity contribution in [2.45, 2.75) is 13.5 Å². The summed E-state index contributed by atoms with van der Waals surface area (Å²) >= 11 is 3.49. The van der Waals surface area contributed by atoms with Crippen molar-refractivity contribution in [2.24, 2.45) is 5.10 Å². The molecular formula is C26H21BrN2O2. The lowest BCUT2D eigenvalue weighted by molar-refractivity contribution is 0.0955. The zero-order valence-electron chi connectivity index (χ0n) is 17.0. The number of carbonyl (C=O) groups is 1. The van der Waals surface area contributed by atoms with Gasteiger partial charge in [0.2, 0.25) is 0 Å². The van der Waals surface area contributed by atoms with Crippen LogP contribution in [0.2, 0.25) is 0 Å². The number of nitrogens with zero attached hydrogens (tertiary/aromatic N) is 1. The predicted octanol–water partition coefficient (Wildman–Crippen LogP) is 6.25. The van der Waals surface area contributed by atoms with Crippen molar-refractivity contribution in [3.63, 3.8) is 0 Å². The van der Waals surface area contributed by atoms with Crippen molar-refractivity contribution in [1.82, 2.24) is 5.43 Å². The highest BCUT2D eigenvalue weighted by molar-refractivity contribution is 9.10. The number of amides is 1. The standard InChI is InChI=1S/C26H21BrN2O2/c1-18-9-11-21(12-10-18)26(30)29-28-16-24-23-8-3-2-6-20(23)13-14-25(24)31-17-19-5-4-7-22(27)15-19/h2-16H,17H2,1H3,(H,29,30). The Morgan fingerprint density at radius 2 is 1.81 bits per heavy atom. The van der Waals surface area contributed by atoms with Gasteiger partial charge in [-0.3, -0.25) is 4.79 Å². The molecular weight excluding hydrogens is 452 g/mol. The first-order valence-electron chi connectivity index (χ1n) is 9.89. The average Bonchev–Trinajstić information content (AvgIpc) is 2.78. The van der Waals surface area contributed by atoms with Crippen LogP contribution in [0.4, 0.5) is 0 Å². The topological polar surface area (TPSA) is 50.7 Å². The van der Waals surface area contributed by atoms with Gasteiger partial charge in [-0.2, -0.15) is 5.10 Å². The van der Waals surface area contributed by atoms with E-state index in [1.165, 1.54) is 0 Å². The van der Waals surface area contributed by atoms with Crippen LogP contribution in [0.1, 0.15) is 27.0 Å². The van der Waals surface area contributed by atoms with E-state index in [4.69, 9.17) is 4.74 Å². The fourth-order valence-electron chi connectivity index (χ4n) is 3.25. The van der Waals surface area contributed by atoms with Crippen LogP contribution in [0.15, 0.2) is 94.5 Å². The Labute approximate surface area is 189 Å². The fourth-order valence-corrected chi connectivity index (χ4v) is 3.69. The zero-order valence-corrected chi connectivity index (χ0v) is 18.6. The first-order valence-corrected chi connectivity index (χ1v) is 10.7. The lowest BCUT2D eigenvalue weighted by Gasteiger charge is -2.12. The summed E-state index contributed by atoms with van der Waals surface area (Å²) in [6.07, 6.45) is 1.64. The van der Waals surface area contributed by atoms with Gasteiger partial charge in [-0.25, -0.2) is 5.43 Å². The third kappa shape index (κ3) is 5.19. The first kappa shape index (κ1) is 20.8. The van der Waals surface area contributed by atoms with E-state index in [0.29, 0.717) is 17.9 Å². The van der Waals surface area contributed by atoms with Crippen molar-refractivity contribution in [3.8, 4) is 5.75 Å². The van der Waals surface area contributed by atoms with E-state index < -0.39 is 0 Å². The quantitative estimate of drug-likeness (QED) is 0.266. The molecule has 4 rings (SSSR count). The van der Waals surface area contributed by atoms with Gasteiger partial charge in [-0.1, -0.05) is 76.1 Å². The number of benzene rings is 4. The number of carbonyl (C=O) groups excluding carboxylic acids is 1. The van der Waals surface area contributed by atoms with Crippen LogP contribution in [0.5, 0.6) is 5.75 Å². The number of rotatable bonds is 6. The van der Waals surface area contributed by atoms with Crippen LogP contribution in [0.25, 0.3) is 10.8 Å². The van der Waals surface area contributed by atoms with E-state index in [1.807, 2.05) is 79.7 Å². The molecule has 0 saturated carbocycles. The third-order valence-electron chi connectivity index (χ3n) is 4.89. The summed E-state index contributed by atoms with van der Waals surface area (Å²) < 4.78 is 7.12. The molecule has 5 heteroatoms. The summed E-state index contributed by atoms with van der Waals surface area (Å²) in [4.78, 5) is 12.4. The van der Waals surface area contributed by atoms with Crippen LogP contribution >= 0.6 is 15.9 Å².